The molecule has 0 bridgehead atoms. The SMILES string of the molecule is c1ccc2c(c1)CC[C@]21C[C@H]1CNCc1ncc[nH]1. The number of fused-ring (bicyclic) bond motifs is 2. The van der Waals surface area contributed by atoms with Gasteiger partial charge in [-0.25, -0.2) is 4.98 Å². The number of aryl methyl sites for hydroxylation is 1. The van der Waals surface area contributed by atoms with Crippen molar-refractivity contribution in [2.45, 2.75) is 31.2 Å². The summed E-state index contributed by atoms with van der Waals surface area (Å²) >= 11 is 0. The highest BCUT2D eigenvalue weighted by atomic mass is 15.0. The third-order valence-electron chi connectivity index (χ3n) is 4.86. The van der Waals surface area contributed by atoms with Gasteiger partial charge in [-0.2, -0.15) is 0 Å². The maximum Gasteiger partial charge on any atom is 0.120 e. The summed E-state index contributed by atoms with van der Waals surface area (Å²) in [7, 11) is 0. The molecule has 0 aliphatic heterocycles. The standard InChI is InChI=1S/C16H19N3/c1-2-4-14-12(3-1)5-6-16(14)9-13(16)10-17-11-15-18-7-8-19-15/h1-4,7-8,13,17H,5-6,9-11H2,(H,18,19)/t13-,16+/m0/s1. The lowest BCUT2D eigenvalue weighted by atomic mass is 9.95. The predicted molar refractivity (Wildman–Crippen MR) is 74.8 cm³/mol. The van der Waals surface area contributed by atoms with Crippen molar-refractivity contribution in [1.82, 2.24) is 15.3 Å². The number of imidazole rings is 1. The summed E-state index contributed by atoms with van der Waals surface area (Å²) in [6, 6.07) is 9.01. The number of H-pyrrole nitrogens is 1. The number of rotatable bonds is 4. The van der Waals surface area contributed by atoms with E-state index in [1.165, 1.54) is 19.3 Å². The van der Waals surface area contributed by atoms with Crippen LogP contribution in [0.4, 0.5) is 0 Å². The van der Waals surface area contributed by atoms with Crippen LogP contribution in [-0.2, 0) is 18.4 Å². The fourth-order valence-electron chi connectivity index (χ4n) is 3.76. The van der Waals surface area contributed by atoms with E-state index in [1.54, 1.807) is 11.1 Å². The minimum Gasteiger partial charge on any atom is -0.348 e. The fourth-order valence-corrected chi connectivity index (χ4v) is 3.76. The summed E-state index contributed by atoms with van der Waals surface area (Å²) in [5, 5.41) is 3.54. The Labute approximate surface area is 113 Å². The summed E-state index contributed by atoms with van der Waals surface area (Å²) in [5.41, 5.74) is 3.71. The summed E-state index contributed by atoms with van der Waals surface area (Å²) in [5.74, 6) is 1.84. The first-order chi connectivity index (χ1) is 9.38. The zero-order valence-electron chi connectivity index (χ0n) is 11.0. The molecule has 1 heterocycles. The van der Waals surface area contributed by atoms with Gasteiger partial charge in [-0.15, -0.1) is 0 Å². The van der Waals surface area contributed by atoms with Crippen LogP contribution >= 0.6 is 0 Å². The van der Waals surface area contributed by atoms with E-state index < -0.39 is 0 Å². The van der Waals surface area contributed by atoms with Crippen LogP contribution in [0.2, 0.25) is 0 Å². The number of nitrogens with one attached hydrogen (secondary N) is 2. The number of aromatic amines is 1. The van der Waals surface area contributed by atoms with Crippen molar-refractivity contribution in [3.63, 3.8) is 0 Å². The first-order valence-electron chi connectivity index (χ1n) is 7.16. The van der Waals surface area contributed by atoms with E-state index in [0.29, 0.717) is 5.41 Å². The Morgan fingerprint density at radius 3 is 3.21 bits per heavy atom. The largest absolute Gasteiger partial charge is 0.348 e. The minimum absolute atomic E-state index is 0.507. The lowest BCUT2D eigenvalue weighted by Gasteiger charge is -2.11. The molecule has 0 saturated heterocycles. The molecule has 1 fully saturated rings. The van der Waals surface area contributed by atoms with Crippen LogP contribution < -0.4 is 5.32 Å². The van der Waals surface area contributed by atoms with Gasteiger partial charge < -0.3 is 10.3 Å². The monoisotopic (exact) mass is 253 g/mol. The van der Waals surface area contributed by atoms with Gasteiger partial charge in [0.25, 0.3) is 0 Å². The molecule has 4 rings (SSSR count). The number of nitrogens with zero attached hydrogens (tertiary/aromatic N) is 1. The van der Waals surface area contributed by atoms with E-state index in [-0.39, 0.29) is 0 Å². The maximum absolute atomic E-state index is 4.24. The Balaban J connectivity index is 1.39. The summed E-state index contributed by atoms with van der Waals surface area (Å²) < 4.78 is 0. The van der Waals surface area contributed by atoms with E-state index in [1.807, 2.05) is 12.4 Å². The molecule has 0 radical (unpaired) electrons. The third kappa shape index (κ3) is 1.80. The molecule has 1 aromatic carbocycles. The van der Waals surface area contributed by atoms with Gasteiger partial charge in [0, 0.05) is 17.8 Å². The molecule has 0 amide bonds. The maximum atomic E-state index is 4.24. The van der Waals surface area contributed by atoms with Crippen molar-refractivity contribution < 1.29 is 0 Å². The lowest BCUT2D eigenvalue weighted by Crippen LogP contribution is -2.20. The van der Waals surface area contributed by atoms with Crippen molar-refractivity contribution in [2.24, 2.45) is 5.92 Å². The van der Waals surface area contributed by atoms with Crippen LogP contribution in [-0.4, -0.2) is 16.5 Å². The predicted octanol–water partition coefficient (Wildman–Crippen LogP) is 2.40. The molecule has 98 valence electrons. The van der Waals surface area contributed by atoms with Crippen molar-refractivity contribution in [2.75, 3.05) is 6.54 Å². The summed E-state index contributed by atoms with van der Waals surface area (Å²) in [4.78, 5) is 7.37. The van der Waals surface area contributed by atoms with Gasteiger partial charge in [-0.05, 0) is 42.9 Å². The molecule has 0 unspecified atom stereocenters. The lowest BCUT2D eigenvalue weighted by molar-refractivity contribution is 0.542. The molecule has 1 saturated carbocycles. The quantitative estimate of drug-likeness (QED) is 0.878. The number of aromatic nitrogens is 2. The Kier molecular flexibility index (Phi) is 2.49. The van der Waals surface area contributed by atoms with Crippen LogP contribution in [0.25, 0.3) is 0 Å². The van der Waals surface area contributed by atoms with Gasteiger partial charge in [0.05, 0.1) is 6.54 Å². The Hall–Kier alpha value is -1.61. The molecule has 2 aliphatic rings. The van der Waals surface area contributed by atoms with Crippen LogP contribution in [0.5, 0.6) is 0 Å². The first-order valence-corrected chi connectivity index (χ1v) is 7.16. The zero-order chi connectivity index (χ0) is 12.7. The Morgan fingerprint density at radius 1 is 1.37 bits per heavy atom. The van der Waals surface area contributed by atoms with E-state index in [0.717, 1.165) is 24.8 Å². The minimum atomic E-state index is 0.507. The normalized spacial score (nSPS) is 27.7. The molecular formula is C16H19N3. The van der Waals surface area contributed by atoms with Crippen molar-refractivity contribution in [1.29, 1.82) is 0 Å². The first kappa shape index (κ1) is 11.2. The van der Waals surface area contributed by atoms with E-state index in [2.05, 4.69) is 39.6 Å². The second kappa shape index (κ2) is 4.20. The van der Waals surface area contributed by atoms with Gasteiger partial charge in [0.2, 0.25) is 0 Å². The van der Waals surface area contributed by atoms with Gasteiger partial charge in [-0.1, -0.05) is 24.3 Å². The average molecular weight is 253 g/mol. The average Bonchev–Trinajstić information content (AvgIpc) is 2.79. The van der Waals surface area contributed by atoms with Crippen molar-refractivity contribution >= 4 is 0 Å². The third-order valence-corrected chi connectivity index (χ3v) is 4.86. The molecule has 2 aromatic rings. The van der Waals surface area contributed by atoms with Crippen LogP contribution in [0.3, 0.4) is 0 Å². The van der Waals surface area contributed by atoms with Gasteiger partial charge >= 0.3 is 0 Å². The highest BCUT2D eigenvalue weighted by Gasteiger charge is 2.57. The molecule has 1 spiro atoms. The number of hydrogen-bond acceptors (Lipinski definition) is 2. The van der Waals surface area contributed by atoms with Crippen LogP contribution in [0.15, 0.2) is 36.7 Å². The molecule has 2 N–H and O–H groups in total. The summed E-state index contributed by atoms with van der Waals surface area (Å²) in [6.45, 7) is 1.95. The highest BCUT2D eigenvalue weighted by Crippen LogP contribution is 2.61. The molecule has 19 heavy (non-hydrogen) atoms. The van der Waals surface area contributed by atoms with Crippen molar-refractivity contribution in [3.8, 4) is 0 Å². The number of benzene rings is 1. The summed E-state index contributed by atoms with van der Waals surface area (Å²) in [6.07, 6.45) is 7.66. The number of hydrogen-bond donors (Lipinski definition) is 2. The van der Waals surface area contributed by atoms with Crippen LogP contribution in [0.1, 0.15) is 29.8 Å². The second-order valence-corrected chi connectivity index (χ2v) is 5.88. The Morgan fingerprint density at radius 2 is 2.32 bits per heavy atom. The molecule has 3 heteroatoms. The van der Waals surface area contributed by atoms with Gasteiger partial charge in [-0.3, -0.25) is 0 Å². The molecular weight excluding hydrogens is 234 g/mol. The van der Waals surface area contributed by atoms with E-state index in [4.69, 9.17) is 0 Å². The Bertz CT molecular complexity index is 575. The molecule has 2 atom stereocenters. The zero-order valence-corrected chi connectivity index (χ0v) is 11.0. The van der Waals surface area contributed by atoms with Gasteiger partial charge in [0.15, 0.2) is 0 Å². The smallest absolute Gasteiger partial charge is 0.120 e. The van der Waals surface area contributed by atoms with Gasteiger partial charge in [0.1, 0.15) is 5.82 Å². The van der Waals surface area contributed by atoms with E-state index >= 15 is 0 Å². The topological polar surface area (TPSA) is 40.7 Å². The molecule has 3 nitrogen and oxygen atoms in total. The highest BCUT2D eigenvalue weighted by molar-refractivity contribution is 5.45. The molecule has 1 aromatic heterocycles. The molecule has 2 aliphatic carbocycles. The second-order valence-electron chi connectivity index (χ2n) is 5.88. The fraction of sp³-hybridized carbons (Fsp3) is 0.438. The van der Waals surface area contributed by atoms with Crippen LogP contribution in [0, 0.1) is 5.92 Å². The van der Waals surface area contributed by atoms with Crippen molar-refractivity contribution in [3.05, 3.63) is 53.6 Å². The van der Waals surface area contributed by atoms with E-state index in [9.17, 15) is 0 Å².